The van der Waals surface area contributed by atoms with Gasteiger partial charge in [0.1, 0.15) is 5.78 Å². The SMILES string of the molecule is O=C1CCN(C(=O)O)[C@H](Cc2ccccc2)C1. The molecule has 17 heavy (non-hydrogen) atoms. The maximum Gasteiger partial charge on any atom is 0.407 e. The minimum absolute atomic E-state index is 0.156. The third kappa shape index (κ3) is 2.84. The van der Waals surface area contributed by atoms with Gasteiger partial charge in [-0.15, -0.1) is 0 Å². The van der Waals surface area contributed by atoms with Crippen LogP contribution in [0.2, 0.25) is 0 Å². The lowest BCUT2D eigenvalue weighted by atomic mass is 9.95. The Hall–Kier alpha value is -1.84. The van der Waals surface area contributed by atoms with E-state index in [-0.39, 0.29) is 11.8 Å². The fourth-order valence-corrected chi connectivity index (χ4v) is 2.22. The van der Waals surface area contributed by atoms with Gasteiger partial charge in [-0.25, -0.2) is 4.79 Å². The first kappa shape index (κ1) is 11.6. The minimum atomic E-state index is -0.932. The van der Waals surface area contributed by atoms with Crippen molar-refractivity contribution in [3.05, 3.63) is 35.9 Å². The Morgan fingerprint density at radius 2 is 2.06 bits per heavy atom. The van der Waals surface area contributed by atoms with Crippen LogP contribution >= 0.6 is 0 Å². The summed E-state index contributed by atoms with van der Waals surface area (Å²) in [6.07, 6.45) is 0.357. The van der Waals surface area contributed by atoms with Gasteiger partial charge in [-0.05, 0) is 12.0 Å². The Bertz CT molecular complexity index is 416. The lowest BCUT2D eigenvalue weighted by Gasteiger charge is -2.32. The van der Waals surface area contributed by atoms with Gasteiger partial charge in [0.25, 0.3) is 0 Å². The van der Waals surface area contributed by atoms with Gasteiger partial charge in [0.15, 0.2) is 0 Å². The highest BCUT2D eigenvalue weighted by Crippen LogP contribution is 2.18. The van der Waals surface area contributed by atoms with Crippen LogP contribution < -0.4 is 0 Å². The van der Waals surface area contributed by atoms with Gasteiger partial charge in [0, 0.05) is 25.4 Å². The zero-order chi connectivity index (χ0) is 12.3. The number of hydrogen-bond donors (Lipinski definition) is 1. The Labute approximate surface area is 99.9 Å². The predicted octanol–water partition coefficient (Wildman–Crippen LogP) is 1.94. The molecule has 1 N–H and O–H groups in total. The van der Waals surface area contributed by atoms with Gasteiger partial charge >= 0.3 is 6.09 Å². The molecular weight excluding hydrogens is 218 g/mol. The van der Waals surface area contributed by atoms with Crippen molar-refractivity contribution in [2.24, 2.45) is 0 Å². The molecule has 2 rings (SSSR count). The van der Waals surface area contributed by atoms with E-state index < -0.39 is 6.09 Å². The van der Waals surface area contributed by atoms with Crippen molar-refractivity contribution < 1.29 is 14.7 Å². The molecule has 0 saturated carbocycles. The summed E-state index contributed by atoms with van der Waals surface area (Å²) in [4.78, 5) is 23.9. The maximum absolute atomic E-state index is 11.4. The number of hydrogen-bond acceptors (Lipinski definition) is 2. The Morgan fingerprint density at radius 3 is 2.71 bits per heavy atom. The topological polar surface area (TPSA) is 57.6 Å². The number of amides is 1. The molecule has 1 heterocycles. The molecule has 0 unspecified atom stereocenters. The van der Waals surface area contributed by atoms with E-state index in [2.05, 4.69) is 0 Å². The lowest BCUT2D eigenvalue weighted by Crippen LogP contribution is -2.46. The average Bonchev–Trinajstić information content (AvgIpc) is 2.30. The third-order valence-corrected chi connectivity index (χ3v) is 3.10. The minimum Gasteiger partial charge on any atom is -0.465 e. The second kappa shape index (κ2) is 4.99. The normalized spacial score (nSPS) is 20.4. The number of carboxylic acid groups (broad SMARTS) is 1. The van der Waals surface area contributed by atoms with Crippen molar-refractivity contribution >= 4 is 11.9 Å². The summed E-state index contributed by atoms with van der Waals surface area (Å²) in [7, 11) is 0. The van der Waals surface area contributed by atoms with Crippen LogP contribution in [0.3, 0.4) is 0 Å². The summed E-state index contributed by atoms with van der Waals surface area (Å²) >= 11 is 0. The van der Waals surface area contributed by atoms with E-state index in [1.54, 1.807) is 0 Å². The number of ketones is 1. The number of carbonyl (C=O) groups is 2. The zero-order valence-corrected chi connectivity index (χ0v) is 9.50. The molecule has 0 spiro atoms. The first-order chi connectivity index (χ1) is 8.16. The van der Waals surface area contributed by atoms with E-state index in [0.717, 1.165) is 5.56 Å². The molecule has 0 radical (unpaired) electrons. The molecule has 1 fully saturated rings. The molecule has 4 heteroatoms. The summed E-state index contributed by atoms with van der Waals surface area (Å²) in [5.41, 5.74) is 1.07. The molecule has 90 valence electrons. The van der Waals surface area contributed by atoms with E-state index >= 15 is 0 Å². The Balaban J connectivity index is 2.10. The van der Waals surface area contributed by atoms with Crippen LogP contribution in [0, 0.1) is 0 Å². The molecule has 1 amide bonds. The summed E-state index contributed by atoms with van der Waals surface area (Å²) in [5, 5.41) is 9.09. The van der Waals surface area contributed by atoms with Crippen molar-refractivity contribution in [3.63, 3.8) is 0 Å². The van der Waals surface area contributed by atoms with Gasteiger partial charge in [-0.3, -0.25) is 4.79 Å². The lowest BCUT2D eigenvalue weighted by molar-refractivity contribution is -0.122. The van der Waals surface area contributed by atoms with Crippen molar-refractivity contribution in [1.82, 2.24) is 4.90 Å². The monoisotopic (exact) mass is 233 g/mol. The van der Waals surface area contributed by atoms with E-state index in [4.69, 9.17) is 5.11 Å². The largest absolute Gasteiger partial charge is 0.465 e. The zero-order valence-electron chi connectivity index (χ0n) is 9.50. The van der Waals surface area contributed by atoms with Crippen LogP contribution in [0.1, 0.15) is 18.4 Å². The van der Waals surface area contributed by atoms with E-state index in [1.165, 1.54) is 4.90 Å². The molecule has 1 atom stereocenters. The second-order valence-corrected chi connectivity index (χ2v) is 4.31. The smallest absolute Gasteiger partial charge is 0.407 e. The number of nitrogens with zero attached hydrogens (tertiary/aromatic N) is 1. The summed E-state index contributed by atoms with van der Waals surface area (Å²) in [5.74, 6) is 0.156. The maximum atomic E-state index is 11.4. The standard InChI is InChI=1S/C13H15NO3/c15-12-6-7-14(13(16)17)11(9-12)8-10-4-2-1-3-5-10/h1-5,11H,6-9H2,(H,16,17)/t11-/m1/s1. The second-order valence-electron chi connectivity index (χ2n) is 4.31. The molecular formula is C13H15NO3. The molecule has 0 bridgehead atoms. The number of likely N-dealkylation sites (tertiary alicyclic amines) is 1. The van der Waals surface area contributed by atoms with Gasteiger partial charge in [0.2, 0.25) is 0 Å². The molecule has 1 saturated heterocycles. The molecule has 0 aliphatic carbocycles. The summed E-state index contributed by atoms with van der Waals surface area (Å²) < 4.78 is 0. The third-order valence-electron chi connectivity index (χ3n) is 3.10. The summed E-state index contributed by atoms with van der Waals surface area (Å²) in [6, 6.07) is 9.47. The fourth-order valence-electron chi connectivity index (χ4n) is 2.22. The van der Waals surface area contributed by atoms with Gasteiger partial charge < -0.3 is 10.0 Å². The molecule has 0 aromatic heterocycles. The molecule has 1 aromatic carbocycles. The van der Waals surface area contributed by atoms with Crippen LogP contribution in [0.25, 0.3) is 0 Å². The van der Waals surface area contributed by atoms with Crippen LogP contribution in [0.4, 0.5) is 4.79 Å². The van der Waals surface area contributed by atoms with Gasteiger partial charge in [-0.2, -0.15) is 0 Å². The van der Waals surface area contributed by atoms with Gasteiger partial charge in [0.05, 0.1) is 0 Å². The summed E-state index contributed by atoms with van der Waals surface area (Å²) in [6.45, 7) is 0.325. The first-order valence-corrected chi connectivity index (χ1v) is 5.72. The fraction of sp³-hybridized carbons (Fsp3) is 0.385. The van der Waals surface area contributed by atoms with Crippen LogP contribution in [-0.4, -0.2) is 34.5 Å². The molecule has 1 aliphatic rings. The average molecular weight is 233 g/mol. The highest BCUT2D eigenvalue weighted by Gasteiger charge is 2.30. The molecule has 4 nitrogen and oxygen atoms in total. The number of rotatable bonds is 2. The Kier molecular flexibility index (Phi) is 3.42. The van der Waals surface area contributed by atoms with E-state index in [0.29, 0.717) is 25.8 Å². The van der Waals surface area contributed by atoms with Crippen molar-refractivity contribution in [3.8, 4) is 0 Å². The molecule has 1 aliphatic heterocycles. The number of benzene rings is 1. The molecule has 1 aromatic rings. The number of piperidine rings is 1. The van der Waals surface area contributed by atoms with Crippen LogP contribution in [0.15, 0.2) is 30.3 Å². The first-order valence-electron chi connectivity index (χ1n) is 5.72. The van der Waals surface area contributed by atoms with Crippen molar-refractivity contribution in [1.29, 1.82) is 0 Å². The van der Waals surface area contributed by atoms with Gasteiger partial charge in [-0.1, -0.05) is 30.3 Å². The van der Waals surface area contributed by atoms with Crippen LogP contribution in [0.5, 0.6) is 0 Å². The quantitative estimate of drug-likeness (QED) is 0.849. The van der Waals surface area contributed by atoms with Crippen molar-refractivity contribution in [2.45, 2.75) is 25.3 Å². The van der Waals surface area contributed by atoms with E-state index in [1.807, 2.05) is 30.3 Å². The Morgan fingerprint density at radius 1 is 1.35 bits per heavy atom. The highest BCUT2D eigenvalue weighted by atomic mass is 16.4. The number of carbonyl (C=O) groups excluding carboxylic acids is 1. The van der Waals surface area contributed by atoms with Crippen LogP contribution in [-0.2, 0) is 11.2 Å². The van der Waals surface area contributed by atoms with E-state index in [9.17, 15) is 9.59 Å². The highest BCUT2D eigenvalue weighted by molar-refractivity contribution is 5.82. The van der Waals surface area contributed by atoms with Crippen molar-refractivity contribution in [2.75, 3.05) is 6.54 Å². The predicted molar refractivity (Wildman–Crippen MR) is 62.9 cm³/mol. The number of Topliss-reactive ketones (excluding diaryl/α,β-unsaturated/α-hetero) is 1.